The van der Waals surface area contributed by atoms with Gasteiger partial charge in [0.05, 0.1) is 17.2 Å². The number of likely N-dealkylation sites (tertiary alicyclic amines) is 1. The van der Waals surface area contributed by atoms with Gasteiger partial charge in [-0.2, -0.15) is 10.4 Å². The highest BCUT2D eigenvalue weighted by Crippen LogP contribution is 2.28. The number of carbonyl (C=O) groups excluding carboxylic acids is 1. The van der Waals surface area contributed by atoms with E-state index < -0.39 is 5.82 Å². The van der Waals surface area contributed by atoms with Gasteiger partial charge in [0.15, 0.2) is 5.84 Å². The highest BCUT2D eigenvalue weighted by atomic mass is 19.1. The minimum absolute atomic E-state index is 0.00768. The van der Waals surface area contributed by atoms with E-state index in [1.807, 2.05) is 18.2 Å². The van der Waals surface area contributed by atoms with Crippen LogP contribution in [0, 0.1) is 17.1 Å². The number of rotatable bonds is 6. The van der Waals surface area contributed by atoms with Gasteiger partial charge in [-0.05, 0) is 43.2 Å². The normalized spacial score (nSPS) is 14.2. The number of amides is 1. The van der Waals surface area contributed by atoms with Crippen LogP contribution in [0.1, 0.15) is 51.6 Å². The molecule has 1 amide bonds. The highest BCUT2D eigenvalue weighted by Gasteiger charge is 2.26. The molecule has 1 aliphatic heterocycles. The smallest absolute Gasteiger partial charge is 0.255 e. The summed E-state index contributed by atoms with van der Waals surface area (Å²) in [4.78, 5) is 23.5. The SMILES string of the molecule is N#Cc1ccc(COc2cccc(C3CCN(C(=O)c4ccc(/C(=N/N)NN)nc4)CC3)n2)c(F)c1. The zero-order chi connectivity index (χ0) is 25.5. The van der Waals surface area contributed by atoms with Crippen LogP contribution in [0.15, 0.2) is 59.8 Å². The number of amidine groups is 1. The molecule has 10 nitrogen and oxygen atoms in total. The molecule has 0 radical (unpaired) electrons. The molecule has 0 spiro atoms. The maximum absolute atomic E-state index is 14.1. The van der Waals surface area contributed by atoms with Gasteiger partial charge in [-0.25, -0.2) is 15.2 Å². The Morgan fingerprint density at radius 1 is 1.25 bits per heavy atom. The third kappa shape index (κ3) is 5.56. The van der Waals surface area contributed by atoms with Crippen molar-refractivity contribution in [2.75, 3.05) is 13.1 Å². The van der Waals surface area contributed by atoms with Gasteiger partial charge < -0.3 is 20.9 Å². The van der Waals surface area contributed by atoms with Crippen molar-refractivity contribution in [1.82, 2.24) is 20.3 Å². The topological polar surface area (TPSA) is 156 Å². The second-order valence-corrected chi connectivity index (χ2v) is 8.23. The largest absolute Gasteiger partial charge is 0.473 e. The lowest BCUT2D eigenvalue weighted by molar-refractivity contribution is 0.0711. The number of pyridine rings is 2. The van der Waals surface area contributed by atoms with Gasteiger partial charge in [0.25, 0.3) is 5.91 Å². The van der Waals surface area contributed by atoms with E-state index in [1.54, 1.807) is 29.2 Å². The van der Waals surface area contributed by atoms with E-state index in [9.17, 15) is 9.18 Å². The van der Waals surface area contributed by atoms with Crippen molar-refractivity contribution in [3.05, 3.63) is 88.6 Å². The van der Waals surface area contributed by atoms with Crippen LogP contribution in [0.2, 0.25) is 0 Å². The fraction of sp³-hybridized carbons (Fsp3) is 0.240. The van der Waals surface area contributed by atoms with Crippen LogP contribution in [0.5, 0.6) is 5.88 Å². The molecule has 11 heteroatoms. The lowest BCUT2D eigenvalue weighted by Gasteiger charge is -2.31. The number of nitriles is 1. The summed E-state index contributed by atoms with van der Waals surface area (Å²) in [5.41, 5.74) is 4.73. The quantitative estimate of drug-likeness (QED) is 0.206. The van der Waals surface area contributed by atoms with Gasteiger partial charge >= 0.3 is 0 Å². The Hall–Kier alpha value is -4.56. The number of nitrogens with two attached hydrogens (primary N) is 2. The van der Waals surface area contributed by atoms with Crippen LogP contribution in [-0.4, -0.2) is 39.7 Å². The Labute approximate surface area is 207 Å². The first-order valence-corrected chi connectivity index (χ1v) is 11.3. The number of hydrogen-bond donors (Lipinski definition) is 3. The Morgan fingerprint density at radius 3 is 2.69 bits per heavy atom. The molecule has 0 unspecified atom stereocenters. The van der Waals surface area contributed by atoms with E-state index in [1.165, 1.54) is 18.3 Å². The first-order chi connectivity index (χ1) is 17.5. The predicted molar refractivity (Wildman–Crippen MR) is 130 cm³/mol. The van der Waals surface area contributed by atoms with E-state index in [0.717, 1.165) is 18.5 Å². The van der Waals surface area contributed by atoms with Gasteiger partial charge in [-0.1, -0.05) is 12.1 Å². The number of halogens is 1. The maximum atomic E-state index is 14.1. The minimum atomic E-state index is -0.490. The van der Waals surface area contributed by atoms with Crippen molar-refractivity contribution in [2.24, 2.45) is 16.8 Å². The molecule has 2 aromatic heterocycles. The van der Waals surface area contributed by atoms with Crippen molar-refractivity contribution in [3.63, 3.8) is 0 Å². The number of nitrogens with one attached hydrogen (secondary N) is 1. The van der Waals surface area contributed by atoms with E-state index in [4.69, 9.17) is 21.7 Å². The van der Waals surface area contributed by atoms with Crippen LogP contribution in [0.3, 0.4) is 0 Å². The molecule has 184 valence electrons. The number of ether oxygens (including phenoxy) is 1. The molecule has 0 bridgehead atoms. The number of benzene rings is 1. The van der Waals surface area contributed by atoms with Gasteiger partial charge in [-0.3, -0.25) is 9.78 Å². The average Bonchev–Trinajstić information content (AvgIpc) is 2.93. The second-order valence-electron chi connectivity index (χ2n) is 8.23. The monoisotopic (exact) mass is 488 g/mol. The molecule has 3 aromatic rings. The van der Waals surface area contributed by atoms with Crippen molar-refractivity contribution >= 4 is 11.7 Å². The second kappa shape index (κ2) is 11.2. The van der Waals surface area contributed by atoms with Gasteiger partial charge in [0.2, 0.25) is 5.88 Å². The molecular weight excluding hydrogens is 463 g/mol. The van der Waals surface area contributed by atoms with E-state index in [-0.39, 0.29) is 29.8 Å². The first kappa shape index (κ1) is 24.6. The van der Waals surface area contributed by atoms with Crippen molar-refractivity contribution in [2.45, 2.75) is 25.4 Å². The summed E-state index contributed by atoms with van der Waals surface area (Å²) in [5, 5.41) is 12.4. The Bertz CT molecular complexity index is 1300. The zero-order valence-electron chi connectivity index (χ0n) is 19.4. The van der Waals surface area contributed by atoms with E-state index >= 15 is 0 Å². The fourth-order valence-electron chi connectivity index (χ4n) is 4.02. The summed E-state index contributed by atoms with van der Waals surface area (Å²) in [6.07, 6.45) is 2.98. The lowest BCUT2D eigenvalue weighted by atomic mass is 9.92. The fourth-order valence-corrected chi connectivity index (χ4v) is 4.02. The summed E-state index contributed by atoms with van der Waals surface area (Å²) >= 11 is 0. The Kier molecular flexibility index (Phi) is 7.67. The van der Waals surface area contributed by atoms with Gasteiger partial charge in [-0.15, -0.1) is 0 Å². The Morgan fingerprint density at radius 2 is 2.06 bits per heavy atom. The van der Waals surface area contributed by atoms with Crippen LogP contribution < -0.4 is 21.8 Å². The molecular formula is C25H25FN8O2. The van der Waals surface area contributed by atoms with Crippen LogP contribution in [-0.2, 0) is 6.61 Å². The molecule has 0 atom stereocenters. The molecule has 0 aliphatic carbocycles. The van der Waals surface area contributed by atoms with Crippen molar-refractivity contribution in [3.8, 4) is 11.9 Å². The summed E-state index contributed by atoms with van der Waals surface area (Å²) < 4.78 is 19.8. The third-order valence-corrected chi connectivity index (χ3v) is 6.02. The molecule has 4 rings (SSSR count). The zero-order valence-corrected chi connectivity index (χ0v) is 19.4. The summed E-state index contributed by atoms with van der Waals surface area (Å²) in [7, 11) is 0. The minimum Gasteiger partial charge on any atom is -0.473 e. The van der Waals surface area contributed by atoms with Gasteiger partial charge in [0, 0.05) is 42.5 Å². The number of piperidine rings is 1. The predicted octanol–water partition coefficient (Wildman–Crippen LogP) is 2.17. The Balaban J connectivity index is 1.34. The molecule has 5 N–H and O–H groups in total. The standard InChI is InChI=1S/C25H25FN8O2/c26-20-12-16(13-27)4-5-19(20)15-36-23-3-1-2-21(31-23)17-8-10-34(11-9-17)25(35)18-6-7-22(30-14-18)24(32-28)33-29/h1-7,12,14,17H,8-11,15,28-29H2,(H,32,33). The van der Waals surface area contributed by atoms with E-state index in [2.05, 4.69) is 20.5 Å². The summed E-state index contributed by atoms with van der Waals surface area (Å²) in [5.74, 6) is 10.8. The summed E-state index contributed by atoms with van der Waals surface area (Å²) in [6.45, 7) is 1.16. The van der Waals surface area contributed by atoms with E-state index in [0.29, 0.717) is 35.8 Å². The highest BCUT2D eigenvalue weighted by molar-refractivity contribution is 5.98. The molecule has 1 aliphatic rings. The molecule has 1 fully saturated rings. The molecule has 3 heterocycles. The van der Waals surface area contributed by atoms with Crippen LogP contribution in [0.25, 0.3) is 0 Å². The molecule has 36 heavy (non-hydrogen) atoms. The average molecular weight is 489 g/mol. The van der Waals surface area contributed by atoms with Crippen LogP contribution in [0.4, 0.5) is 4.39 Å². The number of hydrazine groups is 1. The molecule has 1 saturated heterocycles. The number of hydrazone groups is 1. The number of nitrogens with zero attached hydrogens (tertiary/aromatic N) is 5. The lowest BCUT2D eigenvalue weighted by Crippen LogP contribution is -2.38. The number of carbonyl (C=O) groups is 1. The van der Waals surface area contributed by atoms with Crippen molar-refractivity contribution in [1.29, 1.82) is 5.26 Å². The van der Waals surface area contributed by atoms with Crippen LogP contribution >= 0.6 is 0 Å². The summed E-state index contributed by atoms with van der Waals surface area (Å²) in [6, 6.07) is 15.0. The maximum Gasteiger partial charge on any atom is 0.255 e. The third-order valence-electron chi connectivity index (χ3n) is 6.02. The van der Waals surface area contributed by atoms with Crippen molar-refractivity contribution < 1.29 is 13.9 Å². The first-order valence-electron chi connectivity index (χ1n) is 11.3. The number of hydrogen-bond acceptors (Lipinski definition) is 8. The molecule has 1 aromatic carbocycles. The number of aromatic nitrogens is 2. The van der Waals surface area contributed by atoms with Gasteiger partial charge in [0.1, 0.15) is 18.1 Å². The molecule has 0 saturated carbocycles.